The molecule has 9 heteroatoms. The summed E-state index contributed by atoms with van der Waals surface area (Å²) in [4.78, 5) is 16.2. The van der Waals surface area contributed by atoms with Gasteiger partial charge in [0.05, 0.1) is 5.56 Å². The summed E-state index contributed by atoms with van der Waals surface area (Å²) in [6, 6.07) is 9.98. The maximum absolute atomic E-state index is 12.1. The molecule has 0 saturated heterocycles. The van der Waals surface area contributed by atoms with Crippen molar-refractivity contribution in [2.75, 3.05) is 0 Å². The first-order valence-corrected chi connectivity index (χ1v) is 8.43. The standard InChI is InChI=1S/C13H7ClN2O4S2/c14-10-5-3-9(4-6-10)13(17)20-16-11(8-15)22(18,19)12-2-1-7-21-12/h1-7H/b16-11+. The van der Waals surface area contributed by atoms with E-state index in [4.69, 9.17) is 16.9 Å². The molecule has 0 unspecified atom stereocenters. The summed E-state index contributed by atoms with van der Waals surface area (Å²) in [7, 11) is -4.08. The smallest absolute Gasteiger partial charge is 0.311 e. The Bertz CT molecular complexity index is 850. The lowest BCUT2D eigenvalue weighted by molar-refractivity contribution is 0.0518. The van der Waals surface area contributed by atoms with E-state index in [-0.39, 0.29) is 9.77 Å². The maximum atomic E-state index is 12.1. The van der Waals surface area contributed by atoms with E-state index in [2.05, 4.69) is 9.99 Å². The van der Waals surface area contributed by atoms with Gasteiger partial charge in [-0.3, -0.25) is 0 Å². The van der Waals surface area contributed by atoms with Crippen LogP contribution in [0.3, 0.4) is 0 Å². The maximum Gasteiger partial charge on any atom is 0.365 e. The van der Waals surface area contributed by atoms with Crippen molar-refractivity contribution in [2.24, 2.45) is 5.16 Å². The number of nitrogens with zero attached hydrogens (tertiary/aromatic N) is 2. The largest absolute Gasteiger partial charge is 0.365 e. The highest BCUT2D eigenvalue weighted by molar-refractivity contribution is 8.08. The van der Waals surface area contributed by atoms with Gasteiger partial charge in [-0.15, -0.1) is 11.3 Å². The Hall–Kier alpha value is -2.21. The van der Waals surface area contributed by atoms with Crippen LogP contribution in [0.5, 0.6) is 0 Å². The lowest BCUT2D eigenvalue weighted by Gasteiger charge is -2.00. The molecule has 0 bridgehead atoms. The molecule has 0 spiro atoms. The number of hydrogen-bond donors (Lipinski definition) is 0. The van der Waals surface area contributed by atoms with Crippen molar-refractivity contribution in [3.8, 4) is 6.07 Å². The van der Waals surface area contributed by atoms with Crippen LogP contribution in [-0.2, 0) is 14.7 Å². The van der Waals surface area contributed by atoms with Crippen molar-refractivity contribution >= 4 is 43.8 Å². The number of nitriles is 1. The minimum atomic E-state index is -4.08. The number of benzene rings is 1. The third kappa shape index (κ3) is 3.51. The van der Waals surface area contributed by atoms with Gasteiger partial charge >= 0.3 is 5.97 Å². The van der Waals surface area contributed by atoms with Gasteiger partial charge in [0.1, 0.15) is 10.3 Å². The number of halogens is 1. The fraction of sp³-hybridized carbons (Fsp3) is 0. The Balaban J connectivity index is 2.22. The molecule has 1 heterocycles. The molecule has 0 amide bonds. The van der Waals surface area contributed by atoms with Crippen LogP contribution >= 0.6 is 22.9 Å². The van der Waals surface area contributed by atoms with Crippen LogP contribution in [0.15, 0.2) is 51.1 Å². The van der Waals surface area contributed by atoms with Crippen LogP contribution in [0, 0.1) is 11.3 Å². The van der Waals surface area contributed by atoms with Gasteiger partial charge in [-0.1, -0.05) is 22.8 Å². The molecule has 0 aliphatic heterocycles. The van der Waals surface area contributed by atoms with Gasteiger partial charge in [0.25, 0.3) is 5.04 Å². The lowest BCUT2D eigenvalue weighted by Crippen LogP contribution is -2.14. The van der Waals surface area contributed by atoms with Gasteiger partial charge in [0, 0.05) is 5.02 Å². The average Bonchev–Trinajstić information content (AvgIpc) is 3.03. The first-order chi connectivity index (χ1) is 10.4. The second-order valence-corrected chi connectivity index (χ2v) is 7.31. The Kier molecular flexibility index (Phi) is 4.92. The molecule has 0 saturated carbocycles. The summed E-state index contributed by atoms with van der Waals surface area (Å²) in [6.07, 6.45) is 0. The topological polar surface area (TPSA) is 96.6 Å². The van der Waals surface area contributed by atoms with E-state index in [9.17, 15) is 13.2 Å². The number of sulfone groups is 1. The molecule has 0 aliphatic rings. The lowest BCUT2D eigenvalue weighted by atomic mass is 10.2. The fourth-order valence-corrected chi connectivity index (χ4v) is 3.55. The van der Waals surface area contributed by atoms with Gasteiger partial charge in [0.15, 0.2) is 0 Å². The minimum Gasteiger partial charge on any atom is -0.311 e. The number of carbonyl (C=O) groups excluding carboxylic acids is 1. The van der Waals surface area contributed by atoms with E-state index < -0.39 is 20.9 Å². The zero-order valence-electron chi connectivity index (χ0n) is 10.8. The summed E-state index contributed by atoms with van der Waals surface area (Å²) in [5.74, 6) is -0.897. The third-order valence-corrected chi connectivity index (χ3v) is 5.60. The van der Waals surface area contributed by atoms with E-state index in [0.29, 0.717) is 5.02 Å². The number of thiophene rings is 1. The molecule has 1 aromatic heterocycles. The fourth-order valence-electron chi connectivity index (χ4n) is 1.36. The zero-order chi connectivity index (χ0) is 16.2. The number of rotatable bonds is 3. The SMILES string of the molecule is N#C/C(=N\OC(=O)c1ccc(Cl)cc1)S(=O)(=O)c1cccs1. The molecule has 22 heavy (non-hydrogen) atoms. The molecule has 112 valence electrons. The van der Waals surface area contributed by atoms with Crippen molar-refractivity contribution in [2.45, 2.75) is 4.21 Å². The summed E-state index contributed by atoms with van der Waals surface area (Å²) in [6.45, 7) is 0. The number of oxime groups is 1. The normalized spacial score (nSPS) is 11.7. The number of hydrogen-bond acceptors (Lipinski definition) is 7. The highest BCUT2D eigenvalue weighted by atomic mass is 35.5. The highest BCUT2D eigenvalue weighted by Gasteiger charge is 2.25. The van der Waals surface area contributed by atoms with Crippen molar-refractivity contribution in [3.63, 3.8) is 0 Å². The van der Waals surface area contributed by atoms with Crippen LogP contribution in [0.1, 0.15) is 10.4 Å². The zero-order valence-corrected chi connectivity index (χ0v) is 13.2. The summed E-state index contributed by atoms with van der Waals surface area (Å²) >= 11 is 6.61. The summed E-state index contributed by atoms with van der Waals surface area (Å²) in [5.41, 5.74) is 0.124. The Morgan fingerprint density at radius 3 is 2.50 bits per heavy atom. The van der Waals surface area contributed by atoms with Crippen LogP contribution in [0.25, 0.3) is 0 Å². The van der Waals surface area contributed by atoms with E-state index in [1.54, 1.807) is 5.38 Å². The van der Waals surface area contributed by atoms with Gasteiger partial charge in [0.2, 0.25) is 9.84 Å². The predicted octanol–water partition coefficient (Wildman–Crippen LogP) is 2.87. The Labute approximate surface area is 135 Å². The highest BCUT2D eigenvalue weighted by Crippen LogP contribution is 2.19. The second kappa shape index (κ2) is 6.70. The van der Waals surface area contributed by atoms with Gasteiger partial charge < -0.3 is 4.84 Å². The quantitative estimate of drug-likeness (QED) is 0.365. The average molecular weight is 355 g/mol. The molecule has 0 radical (unpaired) electrons. The van der Waals surface area contributed by atoms with Gasteiger partial charge in [-0.25, -0.2) is 13.2 Å². The first kappa shape index (κ1) is 16.2. The van der Waals surface area contributed by atoms with Crippen molar-refractivity contribution in [1.82, 2.24) is 0 Å². The summed E-state index contributed by atoms with van der Waals surface area (Å²) in [5, 5.41) is 13.2. The Morgan fingerprint density at radius 2 is 1.95 bits per heavy atom. The predicted molar refractivity (Wildman–Crippen MR) is 81.4 cm³/mol. The van der Waals surface area contributed by atoms with E-state index in [0.717, 1.165) is 11.3 Å². The van der Waals surface area contributed by atoms with Crippen molar-refractivity contribution in [3.05, 3.63) is 52.4 Å². The van der Waals surface area contributed by atoms with Gasteiger partial charge in [-0.05, 0) is 35.7 Å². The Morgan fingerprint density at radius 1 is 1.27 bits per heavy atom. The molecule has 2 aromatic rings. The molecular weight excluding hydrogens is 348 g/mol. The van der Waals surface area contributed by atoms with Crippen LogP contribution < -0.4 is 0 Å². The minimum absolute atomic E-state index is 0.0599. The second-order valence-electron chi connectivity index (χ2n) is 3.83. The molecule has 2 rings (SSSR count). The van der Waals surface area contributed by atoms with Crippen molar-refractivity contribution in [1.29, 1.82) is 5.26 Å². The van der Waals surface area contributed by atoms with Gasteiger partial charge in [-0.2, -0.15) is 5.26 Å². The number of carbonyl (C=O) groups is 1. The van der Waals surface area contributed by atoms with Crippen LogP contribution in [-0.4, -0.2) is 19.4 Å². The molecule has 0 fully saturated rings. The van der Waals surface area contributed by atoms with E-state index >= 15 is 0 Å². The molecular formula is C13H7ClN2O4S2. The molecule has 0 atom stereocenters. The van der Waals surface area contributed by atoms with Crippen LogP contribution in [0.4, 0.5) is 0 Å². The third-order valence-electron chi connectivity index (χ3n) is 2.40. The summed E-state index contributed by atoms with van der Waals surface area (Å²) < 4.78 is 24.1. The molecule has 1 aromatic carbocycles. The van der Waals surface area contributed by atoms with E-state index in [1.807, 2.05) is 0 Å². The molecule has 6 nitrogen and oxygen atoms in total. The monoisotopic (exact) mass is 354 g/mol. The molecule has 0 aliphatic carbocycles. The molecule has 0 N–H and O–H groups in total. The van der Waals surface area contributed by atoms with Crippen molar-refractivity contribution < 1.29 is 18.0 Å². The first-order valence-electron chi connectivity index (χ1n) is 5.69. The van der Waals surface area contributed by atoms with Crippen LogP contribution in [0.2, 0.25) is 5.02 Å². The van der Waals surface area contributed by atoms with E-state index in [1.165, 1.54) is 42.5 Å².